The van der Waals surface area contributed by atoms with Crippen LogP contribution in [-0.4, -0.2) is 63.2 Å². The second kappa shape index (κ2) is 7.66. The average Bonchev–Trinajstić information content (AvgIpc) is 3.41. The zero-order valence-corrected chi connectivity index (χ0v) is 18.5. The van der Waals surface area contributed by atoms with Crippen molar-refractivity contribution in [2.45, 2.75) is 6.92 Å². The van der Waals surface area contributed by atoms with Gasteiger partial charge < -0.3 is 10.6 Å². The predicted molar refractivity (Wildman–Crippen MR) is 121 cm³/mol. The summed E-state index contributed by atoms with van der Waals surface area (Å²) >= 11 is 0. The Labute approximate surface area is 188 Å². The lowest BCUT2D eigenvalue weighted by Crippen LogP contribution is -2.41. The van der Waals surface area contributed by atoms with Crippen molar-refractivity contribution in [3.8, 4) is 16.8 Å². The highest BCUT2D eigenvalue weighted by Crippen LogP contribution is 2.32. The predicted octanol–water partition coefficient (Wildman–Crippen LogP) is 1.74. The Bertz CT molecular complexity index is 1480. The van der Waals surface area contributed by atoms with Crippen LogP contribution in [0.1, 0.15) is 17.3 Å². The number of ketones is 1. The van der Waals surface area contributed by atoms with E-state index in [9.17, 15) is 17.6 Å². The zero-order chi connectivity index (χ0) is 23.3. The van der Waals surface area contributed by atoms with E-state index in [-0.39, 0.29) is 47.6 Å². The number of benzene rings is 1. The van der Waals surface area contributed by atoms with E-state index in [4.69, 9.17) is 10.7 Å². The standard InChI is InChI=1S/C21H20FN7O3S/c1-13(30)18-19(23)29-20(26-21(18)27-6-8-33(31,32)9-7-27)17(11-25-29)14-10-24-28(12-14)16-4-2-15(22)3-5-16/h2-5,10-12H,6-9,23H2,1H3. The number of anilines is 2. The first-order valence-electron chi connectivity index (χ1n) is 10.2. The van der Waals surface area contributed by atoms with Crippen molar-refractivity contribution in [2.75, 3.05) is 35.2 Å². The molecule has 0 amide bonds. The Morgan fingerprint density at radius 1 is 1.09 bits per heavy atom. The number of hydrogen-bond donors (Lipinski definition) is 1. The quantitative estimate of drug-likeness (QED) is 0.448. The molecule has 1 aromatic carbocycles. The van der Waals surface area contributed by atoms with Crippen molar-refractivity contribution in [1.29, 1.82) is 0 Å². The van der Waals surface area contributed by atoms with E-state index in [0.717, 1.165) is 0 Å². The molecule has 0 aliphatic carbocycles. The molecule has 1 aliphatic heterocycles. The van der Waals surface area contributed by atoms with E-state index in [1.165, 1.54) is 23.6 Å². The molecule has 33 heavy (non-hydrogen) atoms. The molecule has 0 unspecified atom stereocenters. The van der Waals surface area contributed by atoms with Gasteiger partial charge in [-0.05, 0) is 31.2 Å². The molecule has 3 aromatic heterocycles. The average molecular weight is 470 g/mol. The summed E-state index contributed by atoms with van der Waals surface area (Å²) in [6.07, 6.45) is 4.97. The summed E-state index contributed by atoms with van der Waals surface area (Å²) in [7, 11) is -3.11. The van der Waals surface area contributed by atoms with E-state index < -0.39 is 9.84 Å². The summed E-state index contributed by atoms with van der Waals surface area (Å²) in [5, 5.41) is 8.66. The van der Waals surface area contributed by atoms with Gasteiger partial charge in [-0.2, -0.15) is 14.7 Å². The maximum Gasteiger partial charge on any atom is 0.167 e. The summed E-state index contributed by atoms with van der Waals surface area (Å²) in [6.45, 7) is 1.83. The number of aromatic nitrogens is 5. The molecule has 0 atom stereocenters. The second-order valence-corrected chi connectivity index (χ2v) is 10.1. The van der Waals surface area contributed by atoms with Gasteiger partial charge in [0.15, 0.2) is 21.3 Å². The molecule has 4 aromatic rings. The van der Waals surface area contributed by atoms with Gasteiger partial charge in [-0.1, -0.05) is 0 Å². The molecule has 1 fully saturated rings. The minimum atomic E-state index is -3.11. The molecule has 10 nitrogen and oxygen atoms in total. The maximum absolute atomic E-state index is 13.2. The molecule has 4 heterocycles. The summed E-state index contributed by atoms with van der Waals surface area (Å²) in [6, 6.07) is 5.92. The molecule has 0 spiro atoms. The number of rotatable bonds is 4. The van der Waals surface area contributed by atoms with Gasteiger partial charge in [-0.3, -0.25) is 4.79 Å². The lowest BCUT2D eigenvalue weighted by atomic mass is 10.1. The Morgan fingerprint density at radius 2 is 1.79 bits per heavy atom. The Balaban J connectivity index is 1.61. The van der Waals surface area contributed by atoms with Gasteiger partial charge in [0.1, 0.15) is 23.0 Å². The monoisotopic (exact) mass is 469 g/mol. The number of fused-ring (bicyclic) bond motifs is 1. The number of Topliss-reactive ketones (excluding diaryl/α,β-unsaturated/α-hetero) is 1. The third kappa shape index (κ3) is 3.71. The van der Waals surface area contributed by atoms with Crippen LogP contribution in [0.5, 0.6) is 0 Å². The second-order valence-electron chi connectivity index (χ2n) is 7.83. The molecule has 1 aliphatic rings. The fourth-order valence-electron chi connectivity index (χ4n) is 3.89. The van der Waals surface area contributed by atoms with E-state index in [1.54, 1.807) is 40.3 Å². The lowest BCUT2D eigenvalue weighted by Gasteiger charge is -2.29. The van der Waals surface area contributed by atoms with Crippen molar-refractivity contribution in [3.63, 3.8) is 0 Å². The molecule has 1 saturated heterocycles. The number of halogens is 1. The number of nitrogen functional groups attached to an aromatic ring is 1. The highest BCUT2D eigenvalue weighted by Gasteiger charge is 2.28. The van der Waals surface area contributed by atoms with Gasteiger partial charge in [0.05, 0.1) is 29.6 Å². The molecule has 5 rings (SSSR count). The van der Waals surface area contributed by atoms with Crippen molar-refractivity contribution in [3.05, 3.63) is 54.2 Å². The van der Waals surface area contributed by atoms with E-state index in [2.05, 4.69) is 10.2 Å². The Kier molecular flexibility index (Phi) is 4.89. The topological polar surface area (TPSA) is 128 Å². The third-order valence-electron chi connectivity index (χ3n) is 5.64. The van der Waals surface area contributed by atoms with Crippen LogP contribution in [0.25, 0.3) is 22.5 Å². The molecule has 0 bridgehead atoms. The molecule has 12 heteroatoms. The molecule has 0 radical (unpaired) electrons. The van der Waals surface area contributed by atoms with Crippen LogP contribution in [0.4, 0.5) is 16.0 Å². The summed E-state index contributed by atoms with van der Waals surface area (Å²) < 4.78 is 40.0. The number of carbonyl (C=O) groups excluding carboxylic acids is 1. The highest BCUT2D eigenvalue weighted by atomic mass is 32.2. The van der Waals surface area contributed by atoms with Gasteiger partial charge in [-0.15, -0.1) is 0 Å². The van der Waals surface area contributed by atoms with Crippen LogP contribution in [0, 0.1) is 5.82 Å². The number of sulfone groups is 1. The molecule has 2 N–H and O–H groups in total. The summed E-state index contributed by atoms with van der Waals surface area (Å²) in [5.41, 5.74) is 8.96. The summed E-state index contributed by atoms with van der Waals surface area (Å²) in [5.74, 6) is -0.191. The molecule has 170 valence electrons. The Hall–Kier alpha value is -3.80. The van der Waals surface area contributed by atoms with Crippen molar-refractivity contribution in [1.82, 2.24) is 24.4 Å². The van der Waals surface area contributed by atoms with Gasteiger partial charge in [0.2, 0.25) is 0 Å². The smallest absolute Gasteiger partial charge is 0.167 e. The van der Waals surface area contributed by atoms with Crippen LogP contribution in [0.15, 0.2) is 42.9 Å². The van der Waals surface area contributed by atoms with Gasteiger partial charge >= 0.3 is 0 Å². The van der Waals surface area contributed by atoms with Crippen molar-refractivity contribution in [2.24, 2.45) is 0 Å². The molecule has 0 saturated carbocycles. The van der Waals surface area contributed by atoms with Gasteiger partial charge in [0, 0.05) is 30.4 Å². The third-order valence-corrected chi connectivity index (χ3v) is 7.25. The first kappa shape index (κ1) is 21.1. The number of hydrogen-bond acceptors (Lipinski definition) is 8. The maximum atomic E-state index is 13.2. The number of nitrogens with zero attached hydrogens (tertiary/aromatic N) is 6. The minimum Gasteiger partial charge on any atom is -0.383 e. The minimum absolute atomic E-state index is 0.0202. The summed E-state index contributed by atoms with van der Waals surface area (Å²) in [4.78, 5) is 18.9. The first-order chi connectivity index (χ1) is 15.7. The zero-order valence-electron chi connectivity index (χ0n) is 17.6. The van der Waals surface area contributed by atoms with Crippen molar-refractivity contribution >= 4 is 32.9 Å². The normalized spacial score (nSPS) is 15.8. The van der Waals surface area contributed by atoms with E-state index in [1.807, 2.05) is 0 Å². The Morgan fingerprint density at radius 3 is 2.45 bits per heavy atom. The van der Waals surface area contributed by atoms with Crippen LogP contribution in [-0.2, 0) is 9.84 Å². The molecular weight excluding hydrogens is 449 g/mol. The largest absolute Gasteiger partial charge is 0.383 e. The fraction of sp³-hybridized carbons (Fsp3) is 0.238. The lowest BCUT2D eigenvalue weighted by molar-refractivity contribution is 0.101. The first-order valence-corrected chi connectivity index (χ1v) is 12.0. The van der Waals surface area contributed by atoms with E-state index in [0.29, 0.717) is 28.3 Å². The van der Waals surface area contributed by atoms with Gasteiger partial charge in [-0.25, -0.2) is 22.5 Å². The highest BCUT2D eigenvalue weighted by molar-refractivity contribution is 7.91. The van der Waals surface area contributed by atoms with Crippen LogP contribution in [0.2, 0.25) is 0 Å². The van der Waals surface area contributed by atoms with Gasteiger partial charge in [0.25, 0.3) is 0 Å². The fourth-order valence-corrected chi connectivity index (χ4v) is 5.10. The number of carbonyl (C=O) groups is 1. The van der Waals surface area contributed by atoms with E-state index >= 15 is 0 Å². The van der Waals surface area contributed by atoms with Crippen LogP contribution < -0.4 is 10.6 Å². The van der Waals surface area contributed by atoms with Crippen molar-refractivity contribution < 1.29 is 17.6 Å². The number of nitrogens with two attached hydrogens (primary N) is 1. The molecular formula is C21H20FN7O3S. The van der Waals surface area contributed by atoms with Crippen LogP contribution in [0.3, 0.4) is 0 Å². The SMILES string of the molecule is CC(=O)c1c(N2CCS(=O)(=O)CC2)nc2c(-c3cnn(-c4ccc(F)cc4)c3)cnn2c1N. The van der Waals surface area contributed by atoms with Crippen LogP contribution >= 0.6 is 0 Å².